The molecule has 0 radical (unpaired) electrons. The second kappa shape index (κ2) is 9.91. The second-order valence-electron chi connectivity index (χ2n) is 7.43. The van der Waals surface area contributed by atoms with Crippen LogP contribution in [0.5, 0.6) is 11.5 Å². The van der Waals surface area contributed by atoms with Crippen LogP contribution in [0.25, 0.3) is 0 Å². The van der Waals surface area contributed by atoms with Gasteiger partial charge in [-0.05, 0) is 67.4 Å². The summed E-state index contributed by atoms with van der Waals surface area (Å²) in [5.74, 6) is -0.526. The molecule has 33 heavy (non-hydrogen) atoms. The van der Waals surface area contributed by atoms with E-state index in [2.05, 4.69) is 5.32 Å². The van der Waals surface area contributed by atoms with Gasteiger partial charge in [0.15, 0.2) is 11.5 Å². The first-order valence-corrected chi connectivity index (χ1v) is 11.5. The van der Waals surface area contributed by atoms with Crippen LogP contribution in [0.3, 0.4) is 0 Å². The molecule has 0 aliphatic heterocycles. The molecule has 0 spiro atoms. The summed E-state index contributed by atoms with van der Waals surface area (Å²) in [6.45, 7) is 3.16. The number of aryl methyl sites for hydroxylation is 2. The molecule has 174 valence electrons. The maximum absolute atomic E-state index is 13.7. The first-order chi connectivity index (χ1) is 15.6. The van der Waals surface area contributed by atoms with Crippen LogP contribution >= 0.6 is 0 Å². The Labute approximate surface area is 192 Å². The number of carbonyl (C=O) groups excluding carboxylic acids is 1. The zero-order valence-corrected chi connectivity index (χ0v) is 19.6. The van der Waals surface area contributed by atoms with E-state index in [9.17, 15) is 17.6 Å². The summed E-state index contributed by atoms with van der Waals surface area (Å²) in [6.07, 6.45) is 0. The molecule has 3 aromatic carbocycles. The van der Waals surface area contributed by atoms with Gasteiger partial charge in [-0.3, -0.25) is 9.10 Å². The van der Waals surface area contributed by atoms with Crippen molar-refractivity contribution >= 4 is 27.3 Å². The molecule has 9 heteroatoms. The van der Waals surface area contributed by atoms with E-state index in [-0.39, 0.29) is 16.3 Å². The number of benzene rings is 3. The summed E-state index contributed by atoms with van der Waals surface area (Å²) >= 11 is 0. The predicted molar refractivity (Wildman–Crippen MR) is 125 cm³/mol. The maximum atomic E-state index is 13.7. The minimum Gasteiger partial charge on any atom is -0.493 e. The molecule has 0 atom stereocenters. The highest BCUT2D eigenvalue weighted by Crippen LogP contribution is 2.32. The van der Waals surface area contributed by atoms with E-state index in [1.807, 2.05) is 19.9 Å². The molecule has 3 rings (SSSR count). The number of halogens is 1. The molecule has 0 saturated heterocycles. The van der Waals surface area contributed by atoms with Gasteiger partial charge in [0.05, 0.1) is 24.8 Å². The van der Waals surface area contributed by atoms with Crippen LogP contribution in [-0.4, -0.2) is 35.1 Å². The van der Waals surface area contributed by atoms with Gasteiger partial charge in [0.25, 0.3) is 10.0 Å². The number of amides is 1. The number of rotatable bonds is 8. The van der Waals surface area contributed by atoms with Crippen molar-refractivity contribution in [3.05, 3.63) is 77.6 Å². The highest BCUT2D eigenvalue weighted by molar-refractivity contribution is 7.92. The van der Waals surface area contributed by atoms with Gasteiger partial charge in [-0.15, -0.1) is 0 Å². The minimum atomic E-state index is -4.18. The topological polar surface area (TPSA) is 84.9 Å². The highest BCUT2D eigenvalue weighted by Gasteiger charge is 2.29. The Bertz CT molecular complexity index is 1260. The molecular weight excluding hydrogens is 447 g/mol. The van der Waals surface area contributed by atoms with Crippen LogP contribution in [-0.2, 0) is 14.8 Å². The van der Waals surface area contributed by atoms with E-state index in [1.165, 1.54) is 50.6 Å². The third kappa shape index (κ3) is 5.61. The molecule has 0 aliphatic carbocycles. The number of nitrogens with one attached hydrogen (secondary N) is 1. The third-order valence-corrected chi connectivity index (χ3v) is 6.60. The highest BCUT2D eigenvalue weighted by atomic mass is 32.2. The molecule has 0 aliphatic rings. The molecule has 0 saturated carbocycles. The van der Waals surface area contributed by atoms with Gasteiger partial charge in [0.2, 0.25) is 5.91 Å². The lowest BCUT2D eigenvalue weighted by atomic mass is 10.1. The van der Waals surface area contributed by atoms with E-state index >= 15 is 0 Å². The van der Waals surface area contributed by atoms with E-state index in [0.29, 0.717) is 11.4 Å². The van der Waals surface area contributed by atoms with Crippen molar-refractivity contribution in [3.8, 4) is 11.5 Å². The fraction of sp³-hybridized carbons (Fsp3) is 0.208. The number of sulfonamides is 1. The molecule has 7 nitrogen and oxygen atoms in total. The molecule has 0 fully saturated rings. The number of hydrogen-bond donors (Lipinski definition) is 1. The van der Waals surface area contributed by atoms with Gasteiger partial charge < -0.3 is 14.8 Å². The number of methoxy groups -OCH3 is 2. The largest absolute Gasteiger partial charge is 0.493 e. The second-order valence-corrected chi connectivity index (χ2v) is 9.30. The lowest BCUT2D eigenvalue weighted by Gasteiger charge is -2.25. The Hall–Kier alpha value is -3.59. The smallest absolute Gasteiger partial charge is 0.264 e. The fourth-order valence-corrected chi connectivity index (χ4v) is 4.83. The van der Waals surface area contributed by atoms with Gasteiger partial charge in [0.1, 0.15) is 12.4 Å². The van der Waals surface area contributed by atoms with Crippen LogP contribution in [0.4, 0.5) is 15.8 Å². The molecular formula is C24H25FN2O5S. The number of nitrogens with zero attached hydrogens (tertiary/aromatic N) is 1. The van der Waals surface area contributed by atoms with Crippen molar-refractivity contribution in [1.29, 1.82) is 0 Å². The van der Waals surface area contributed by atoms with Crippen LogP contribution in [0.2, 0.25) is 0 Å². The molecule has 0 aromatic heterocycles. The van der Waals surface area contributed by atoms with Crippen LogP contribution in [0.1, 0.15) is 11.1 Å². The van der Waals surface area contributed by atoms with E-state index < -0.39 is 28.3 Å². The quantitative estimate of drug-likeness (QED) is 0.529. The Morgan fingerprint density at radius 1 is 0.939 bits per heavy atom. The lowest BCUT2D eigenvalue weighted by Crippen LogP contribution is -2.38. The average Bonchev–Trinajstić information content (AvgIpc) is 2.76. The molecule has 1 N–H and O–H groups in total. The Morgan fingerprint density at radius 2 is 1.61 bits per heavy atom. The number of anilines is 2. The van der Waals surface area contributed by atoms with Crippen molar-refractivity contribution in [1.82, 2.24) is 0 Å². The Morgan fingerprint density at radius 3 is 2.21 bits per heavy atom. The summed E-state index contributed by atoms with van der Waals surface area (Å²) in [6, 6.07) is 14.8. The third-order valence-electron chi connectivity index (χ3n) is 4.83. The van der Waals surface area contributed by atoms with Crippen molar-refractivity contribution < 1.29 is 27.1 Å². The number of carbonyl (C=O) groups is 1. The van der Waals surface area contributed by atoms with E-state index in [1.54, 1.807) is 12.1 Å². The molecule has 0 heterocycles. The van der Waals surface area contributed by atoms with Crippen LogP contribution < -0.4 is 19.1 Å². The zero-order valence-electron chi connectivity index (χ0n) is 18.8. The fourth-order valence-electron chi connectivity index (χ4n) is 3.41. The average molecular weight is 473 g/mol. The molecule has 3 aromatic rings. The maximum Gasteiger partial charge on any atom is 0.264 e. The molecule has 0 bridgehead atoms. The summed E-state index contributed by atoms with van der Waals surface area (Å²) in [7, 11) is -1.32. The van der Waals surface area contributed by atoms with Gasteiger partial charge in [-0.1, -0.05) is 12.1 Å². The number of hydrogen-bond acceptors (Lipinski definition) is 5. The summed E-state index contributed by atoms with van der Waals surface area (Å²) in [4.78, 5) is 12.7. The van der Waals surface area contributed by atoms with E-state index in [4.69, 9.17) is 9.47 Å². The summed E-state index contributed by atoms with van der Waals surface area (Å²) in [5, 5.41) is 2.55. The standard InChI is InChI=1S/C24H25FN2O5S/c1-16-10-17(2)12-20(11-16)27(15-24(28)26-19-7-5-6-18(25)13-19)33(29,30)21-8-9-22(31-3)23(14-21)32-4/h5-14H,15H2,1-4H3,(H,26,28). The first-order valence-electron chi connectivity index (χ1n) is 10.0. The van der Waals surface area contributed by atoms with Gasteiger partial charge in [-0.25, -0.2) is 12.8 Å². The lowest BCUT2D eigenvalue weighted by molar-refractivity contribution is -0.114. The number of ether oxygens (including phenoxy) is 2. The van der Waals surface area contributed by atoms with Gasteiger partial charge >= 0.3 is 0 Å². The minimum absolute atomic E-state index is 0.0714. The van der Waals surface area contributed by atoms with Crippen molar-refractivity contribution in [2.75, 3.05) is 30.4 Å². The van der Waals surface area contributed by atoms with Crippen LogP contribution in [0, 0.1) is 19.7 Å². The van der Waals surface area contributed by atoms with Crippen LogP contribution in [0.15, 0.2) is 65.6 Å². The van der Waals surface area contributed by atoms with Crippen molar-refractivity contribution in [2.24, 2.45) is 0 Å². The Kier molecular flexibility index (Phi) is 7.23. The normalized spacial score (nSPS) is 11.1. The first kappa shape index (κ1) is 24.1. The monoisotopic (exact) mass is 472 g/mol. The SMILES string of the molecule is COc1ccc(S(=O)(=O)N(CC(=O)Nc2cccc(F)c2)c2cc(C)cc(C)c2)cc1OC. The van der Waals surface area contributed by atoms with Crippen molar-refractivity contribution in [2.45, 2.75) is 18.7 Å². The molecule has 0 unspecified atom stereocenters. The van der Waals surface area contributed by atoms with Crippen molar-refractivity contribution in [3.63, 3.8) is 0 Å². The van der Waals surface area contributed by atoms with E-state index in [0.717, 1.165) is 21.5 Å². The predicted octanol–water partition coefficient (Wildman–Crippen LogP) is 4.29. The Balaban J connectivity index is 2.03. The molecule has 1 amide bonds. The summed E-state index contributed by atoms with van der Waals surface area (Å²) < 4.78 is 52.3. The zero-order chi connectivity index (χ0) is 24.2. The van der Waals surface area contributed by atoms with Gasteiger partial charge in [-0.2, -0.15) is 0 Å². The summed E-state index contributed by atoms with van der Waals surface area (Å²) in [5.41, 5.74) is 2.23. The van der Waals surface area contributed by atoms with Gasteiger partial charge in [0, 0.05) is 11.8 Å².